The maximum absolute atomic E-state index is 11.9. The summed E-state index contributed by atoms with van der Waals surface area (Å²) in [7, 11) is 1.74. The van der Waals surface area contributed by atoms with E-state index in [1.54, 1.807) is 22.7 Å². The number of nitro groups is 1. The number of piperidine rings is 1. The van der Waals surface area contributed by atoms with E-state index < -0.39 is 16.8 Å². The van der Waals surface area contributed by atoms with Crippen LogP contribution in [0, 0.1) is 16.0 Å². The summed E-state index contributed by atoms with van der Waals surface area (Å²) in [6.07, 6.45) is 2.07. The van der Waals surface area contributed by atoms with Gasteiger partial charge in [0.15, 0.2) is 0 Å². The molecule has 11 heteroatoms. The lowest BCUT2D eigenvalue weighted by Crippen LogP contribution is -2.37. The highest BCUT2D eigenvalue weighted by Crippen LogP contribution is 2.36. The second-order valence-corrected chi connectivity index (χ2v) is 7.28. The van der Waals surface area contributed by atoms with E-state index in [-0.39, 0.29) is 17.3 Å². The number of hydrogen-bond donors (Lipinski definition) is 2. The van der Waals surface area contributed by atoms with E-state index >= 15 is 0 Å². The highest BCUT2D eigenvalue weighted by molar-refractivity contribution is 5.76. The zero-order valence-corrected chi connectivity index (χ0v) is 16.8. The summed E-state index contributed by atoms with van der Waals surface area (Å²) >= 11 is 0. The molecule has 0 amide bonds. The summed E-state index contributed by atoms with van der Waals surface area (Å²) in [6, 6.07) is 11.4. The van der Waals surface area contributed by atoms with Gasteiger partial charge in [-0.05, 0) is 12.8 Å². The number of nitrogens with zero attached hydrogens (tertiary/aromatic N) is 6. The molecular weight excluding hydrogens is 402 g/mol. The lowest BCUT2D eigenvalue weighted by molar-refractivity contribution is -0.383. The second kappa shape index (κ2) is 8.38. The molecule has 0 bridgehead atoms. The van der Waals surface area contributed by atoms with Crippen molar-refractivity contribution in [1.29, 1.82) is 0 Å². The molecular formula is C20H21N7O4. The van der Waals surface area contributed by atoms with Crippen LogP contribution in [-0.4, -0.2) is 48.8 Å². The zero-order valence-electron chi connectivity index (χ0n) is 16.8. The number of aryl methyl sites for hydroxylation is 1. The van der Waals surface area contributed by atoms with Gasteiger partial charge in [-0.3, -0.25) is 19.6 Å². The first-order chi connectivity index (χ1) is 14.9. The predicted octanol–water partition coefficient (Wildman–Crippen LogP) is 2.83. The minimum atomic E-state index is -0.843. The Morgan fingerprint density at radius 1 is 1.23 bits per heavy atom. The maximum Gasteiger partial charge on any atom is 0.353 e. The Morgan fingerprint density at radius 2 is 1.94 bits per heavy atom. The highest BCUT2D eigenvalue weighted by Gasteiger charge is 2.32. The molecule has 4 rings (SSSR count). The van der Waals surface area contributed by atoms with Crippen molar-refractivity contribution < 1.29 is 14.8 Å². The fourth-order valence-electron chi connectivity index (χ4n) is 3.65. The van der Waals surface area contributed by atoms with Gasteiger partial charge in [-0.2, -0.15) is 5.10 Å². The minimum absolute atomic E-state index is 0.0537. The topological polar surface area (TPSA) is 139 Å². The lowest BCUT2D eigenvalue weighted by atomic mass is 9.97. The van der Waals surface area contributed by atoms with Crippen molar-refractivity contribution >= 4 is 29.1 Å². The Hall–Kier alpha value is -4.02. The fourth-order valence-corrected chi connectivity index (χ4v) is 3.65. The molecule has 3 aromatic rings. The van der Waals surface area contributed by atoms with E-state index in [0.717, 1.165) is 11.3 Å². The van der Waals surface area contributed by atoms with E-state index in [9.17, 15) is 20.0 Å². The third-order valence-electron chi connectivity index (χ3n) is 5.33. The standard InChI is InChI=1S/C20H21N7O4/c1-25-16(11-15(24-25)13-5-3-2-4-6-13)23-18-17(27(30)31)19(22-12-21-18)26-9-7-14(8-10-26)20(28)29/h2-6,11-12,14H,7-10H2,1H3,(H,28,29)(H,21,22,23). The third kappa shape index (κ3) is 4.15. The van der Waals surface area contributed by atoms with Crippen molar-refractivity contribution in [2.24, 2.45) is 13.0 Å². The smallest absolute Gasteiger partial charge is 0.353 e. The number of carbonyl (C=O) groups is 1. The van der Waals surface area contributed by atoms with Crippen LogP contribution in [0.1, 0.15) is 12.8 Å². The van der Waals surface area contributed by atoms with Crippen molar-refractivity contribution in [2.75, 3.05) is 23.3 Å². The number of anilines is 3. The number of nitrogens with one attached hydrogen (secondary N) is 1. The van der Waals surface area contributed by atoms with Crippen LogP contribution < -0.4 is 10.2 Å². The summed E-state index contributed by atoms with van der Waals surface area (Å²) in [5.41, 5.74) is 1.39. The SMILES string of the molecule is Cn1nc(-c2ccccc2)cc1Nc1ncnc(N2CCC(C(=O)O)CC2)c1[N+](=O)[O-]. The molecule has 1 fully saturated rings. The molecule has 1 aliphatic heterocycles. The molecule has 1 aromatic carbocycles. The zero-order chi connectivity index (χ0) is 22.0. The molecule has 2 N–H and O–H groups in total. The lowest BCUT2D eigenvalue weighted by Gasteiger charge is -2.30. The molecule has 0 atom stereocenters. The number of carboxylic acids is 1. The van der Waals surface area contributed by atoms with Crippen molar-refractivity contribution in [3.63, 3.8) is 0 Å². The van der Waals surface area contributed by atoms with Crippen LogP contribution >= 0.6 is 0 Å². The molecule has 3 heterocycles. The van der Waals surface area contributed by atoms with E-state index in [1.807, 2.05) is 30.3 Å². The van der Waals surface area contributed by atoms with Crippen LogP contribution in [0.15, 0.2) is 42.7 Å². The Balaban J connectivity index is 1.63. The van der Waals surface area contributed by atoms with Crippen LogP contribution in [0.4, 0.5) is 23.1 Å². The first-order valence-corrected chi connectivity index (χ1v) is 9.77. The third-order valence-corrected chi connectivity index (χ3v) is 5.33. The van der Waals surface area contributed by atoms with Gasteiger partial charge in [-0.15, -0.1) is 0 Å². The van der Waals surface area contributed by atoms with Crippen molar-refractivity contribution in [3.8, 4) is 11.3 Å². The molecule has 0 radical (unpaired) electrons. The number of aliphatic carboxylic acids is 1. The average molecular weight is 423 g/mol. The molecule has 0 saturated carbocycles. The molecule has 2 aromatic heterocycles. The molecule has 0 aliphatic carbocycles. The van der Waals surface area contributed by atoms with Gasteiger partial charge in [0.1, 0.15) is 12.1 Å². The Morgan fingerprint density at radius 3 is 2.58 bits per heavy atom. The summed E-state index contributed by atoms with van der Waals surface area (Å²) in [4.78, 5) is 32.5. The number of benzene rings is 1. The number of carboxylic acid groups (broad SMARTS) is 1. The van der Waals surface area contributed by atoms with Gasteiger partial charge in [0, 0.05) is 31.8 Å². The van der Waals surface area contributed by atoms with Crippen molar-refractivity contribution in [1.82, 2.24) is 19.7 Å². The van der Waals surface area contributed by atoms with Gasteiger partial charge in [0.25, 0.3) is 0 Å². The quantitative estimate of drug-likeness (QED) is 0.452. The number of rotatable bonds is 6. The summed E-state index contributed by atoms with van der Waals surface area (Å²) < 4.78 is 1.59. The first-order valence-electron chi connectivity index (χ1n) is 9.77. The molecule has 160 valence electrons. The summed E-state index contributed by atoms with van der Waals surface area (Å²) in [6.45, 7) is 0.746. The van der Waals surface area contributed by atoms with E-state index in [1.165, 1.54) is 6.33 Å². The van der Waals surface area contributed by atoms with Crippen molar-refractivity contribution in [2.45, 2.75) is 12.8 Å². The van der Waals surface area contributed by atoms with Gasteiger partial charge in [-0.25, -0.2) is 9.97 Å². The highest BCUT2D eigenvalue weighted by atomic mass is 16.6. The van der Waals surface area contributed by atoms with E-state index in [2.05, 4.69) is 20.4 Å². The second-order valence-electron chi connectivity index (χ2n) is 7.28. The van der Waals surface area contributed by atoms with Crippen molar-refractivity contribution in [3.05, 3.63) is 52.8 Å². The molecule has 11 nitrogen and oxygen atoms in total. The van der Waals surface area contributed by atoms with Gasteiger partial charge >= 0.3 is 11.7 Å². The van der Waals surface area contributed by atoms with Gasteiger partial charge in [-0.1, -0.05) is 30.3 Å². The molecule has 31 heavy (non-hydrogen) atoms. The normalized spacial score (nSPS) is 14.4. The Kier molecular flexibility index (Phi) is 5.48. The molecule has 1 saturated heterocycles. The van der Waals surface area contributed by atoms with Crippen LogP contribution in [0.25, 0.3) is 11.3 Å². The largest absolute Gasteiger partial charge is 0.481 e. The molecule has 0 unspecified atom stereocenters. The Bertz CT molecular complexity index is 1110. The number of aromatic nitrogens is 4. The minimum Gasteiger partial charge on any atom is -0.481 e. The van der Waals surface area contributed by atoms with Crippen LogP contribution in [0.2, 0.25) is 0 Å². The summed E-state index contributed by atoms with van der Waals surface area (Å²) in [5, 5.41) is 28.6. The van der Waals surface area contributed by atoms with Crippen LogP contribution in [0.3, 0.4) is 0 Å². The van der Waals surface area contributed by atoms with E-state index in [0.29, 0.717) is 31.7 Å². The average Bonchev–Trinajstić information content (AvgIpc) is 3.14. The number of hydrogen-bond acceptors (Lipinski definition) is 8. The maximum atomic E-state index is 11.9. The molecule has 0 spiro atoms. The fraction of sp³-hybridized carbons (Fsp3) is 0.300. The predicted molar refractivity (Wildman–Crippen MR) is 113 cm³/mol. The van der Waals surface area contributed by atoms with Crippen LogP contribution in [-0.2, 0) is 11.8 Å². The monoisotopic (exact) mass is 423 g/mol. The van der Waals surface area contributed by atoms with Crippen LogP contribution in [0.5, 0.6) is 0 Å². The van der Waals surface area contributed by atoms with Gasteiger partial charge < -0.3 is 15.3 Å². The van der Waals surface area contributed by atoms with Gasteiger partial charge in [0.05, 0.1) is 16.5 Å². The summed E-state index contributed by atoms with van der Waals surface area (Å²) in [5.74, 6) is -0.517. The van der Waals surface area contributed by atoms with Gasteiger partial charge in [0.2, 0.25) is 11.6 Å². The Labute approximate surface area is 177 Å². The first kappa shape index (κ1) is 20.3. The molecule has 1 aliphatic rings. The van der Waals surface area contributed by atoms with E-state index in [4.69, 9.17) is 0 Å².